The highest BCUT2D eigenvalue weighted by Gasteiger charge is 2.22. The third-order valence-electron chi connectivity index (χ3n) is 3.29. The number of piperidine rings is 1. The van der Waals surface area contributed by atoms with E-state index in [0.717, 1.165) is 36.9 Å². The predicted octanol–water partition coefficient (Wildman–Crippen LogP) is 1.80. The fraction of sp³-hybridized carbons (Fsp3) is 0.500. The minimum atomic E-state index is 0.215. The maximum Gasteiger partial charge on any atom is 0.142 e. The molecule has 18 heavy (non-hydrogen) atoms. The second-order valence-electron chi connectivity index (χ2n) is 4.59. The molecule has 0 aromatic carbocycles. The molecular weight excluding hydrogens is 296 g/mol. The van der Waals surface area contributed by atoms with Crippen LogP contribution in [0.5, 0.6) is 0 Å². The molecule has 1 aromatic rings. The molecule has 2 rings (SSSR count). The van der Waals surface area contributed by atoms with Crippen molar-refractivity contribution in [1.29, 1.82) is 0 Å². The minimum Gasteiger partial charge on any atom is -0.409 e. The smallest absolute Gasteiger partial charge is 0.142 e. The van der Waals surface area contributed by atoms with E-state index in [9.17, 15) is 0 Å². The molecule has 0 unspecified atom stereocenters. The zero-order chi connectivity index (χ0) is 13.0. The average Bonchev–Trinajstić information content (AvgIpc) is 2.39. The summed E-state index contributed by atoms with van der Waals surface area (Å²) in [5.74, 6) is 0.575. The molecule has 98 valence electrons. The van der Waals surface area contributed by atoms with E-state index in [1.807, 2.05) is 6.20 Å². The highest BCUT2D eigenvalue weighted by atomic mass is 79.9. The Bertz CT molecular complexity index is 430. The van der Waals surface area contributed by atoms with E-state index >= 15 is 0 Å². The van der Waals surface area contributed by atoms with Crippen molar-refractivity contribution in [2.24, 2.45) is 16.8 Å². The number of pyridine rings is 1. The van der Waals surface area contributed by atoms with Crippen LogP contribution in [0.1, 0.15) is 18.4 Å². The van der Waals surface area contributed by atoms with Gasteiger partial charge in [-0.15, -0.1) is 0 Å². The van der Waals surface area contributed by atoms with Gasteiger partial charge in [0.25, 0.3) is 0 Å². The number of nitrogens with two attached hydrogens (primary N) is 1. The summed E-state index contributed by atoms with van der Waals surface area (Å²) in [6.07, 6.45) is 5.56. The van der Waals surface area contributed by atoms with Gasteiger partial charge in [-0.3, -0.25) is 9.88 Å². The molecular formula is C12H17BrN4O. The van der Waals surface area contributed by atoms with Gasteiger partial charge in [-0.2, -0.15) is 0 Å². The Morgan fingerprint density at radius 2 is 2.22 bits per heavy atom. The lowest BCUT2D eigenvalue weighted by molar-refractivity contribution is 0.198. The Kier molecular flexibility index (Phi) is 4.54. The highest BCUT2D eigenvalue weighted by molar-refractivity contribution is 9.10. The molecule has 0 spiro atoms. The zero-order valence-corrected chi connectivity index (χ0v) is 11.7. The van der Waals surface area contributed by atoms with Gasteiger partial charge in [0.1, 0.15) is 5.84 Å². The van der Waals surface area contributed by atoms with Gasteiger partial charge in [0.2, 0.25) is 0 Å². The maximum absolute atomic E-state index is 8.65. The molecule has 1 fully saturated rings. The highest BCUT2D eigenvalue weighted by Crippen LogP contribution is 2.19. The van der Waals surface area contributed by atoms with Gasteiger partial charge in [-0.25, -0.2) is 0 Å². The monoisotopic (exact) mass is 312 g/mol. The number of rotatable bonds is 3. The third kappa shape index (κ3) is 3.43. The van der Waals surface area contributed by atoms with Crippen LogP contribution < -0.4 is 5.73 Å². The summed E-state index contributed by atoms with van der Waals surface area (Å²) in [4.78, 5) is 6.53. The lowest BCUT2D eigenvalue weighted by atomic mass is 9.95. The summed E-state index contributed by atoms with van der Waals surface area (Å²) in [6.45, 7) is 2.83. The predicted molar refractivity (Wildman–Crippen MR) is 73.3 cm³/mol. The van der Waals surface area contributed by atoms with E-state index in [1.54, 1.807) is 6.20 Å². The first-order chi connectivity index (χ1) is 8.69. The Hall–Kier alpha value is -1.14. The van der Waals surface area contributed by atoms with E-state index in [-0.39, 0.29) is 5.92 Å². The standard InChI is InChI=1S/C12H17BrN4O/c13-11-5-9(6-15-7-11)8-17-3-1-10(2-4-17)12(14)16-18/h5-7,10,18H,1-4,8H2,(H2,14,16). The fourth-order valence-electron chi connectivity index (χ4n) is 2.27. The number of nitrogens with zero attached hydrogens (tertiary/aromatic N) is 3. The Labute approximate surface area is 115 Å². The van der Waals surface area contributed by atoms with Gasteiger partial charge in [-0.1, -0.05) is 5.16 Å². The first-order valence-corrected chi connectivity index (χ1v) is 6.77. The number of amidine groups is 1. The van der Waals surface area contributed by atoms with Crippen molar-refractivity contribution in [3.63, 3.8) is 0 Å². The molecule has 2 heterocycles. The van der Waals surface area contributed by atoms with Crippen molar-refractivity contribution < 1.29 is 5.21 Å². The van der Waals surface area contributed by atoms with Crippen molar-refractivity contribution >= 4 is 21.8 Å². The van der Waals surface area contributed by atoms with Gasteiger partial charge < -0.3 is 10.9 Å². The molecule has 0 aliphatic carbocycles. The van der Waals surface area contributed by atoms with Gasteiger partial charge in [0.15, 0.2) is 0 Å². The van der Waals surface area contributed by atoms with Crippen LogP contribution in [0.3, 0.4) is 0 Å². The molecule has 0 saturated carbocycles. The number of aromatic nitrogens is 1. The van der Waals surface area contributed by atoms with Gasteiger partial charge in [0, 0.05) is 29.3 Å². The topological polar surface area (TPSA) is 74.7 Å². The normalized spacial score (nSPS) is 19.1. The fourth-order valence-corrected chi connectivity index (χ4v) is 2.68. The summed E-state index contributed by atoms with van der Waals surface area (Å²) in [5, 5.41) is 11.7. The number of likely N-dealkylation sites (tertiary alicyclic amines) is 1. The van der Waals surface area contributed by atoms with E-state index in [4.69, 9.17) is 10.9 Å². The van der Waals surface area contributed by atoms with Crippen molar-refractivity contribution in [3.8, 4) is 0 Å². The van der Waals surface area contributed by atoms with Crippen LogP contribution in [0.25, 0.3) is 0 Å². The lowest BCUT2D eigenvalue weighted by Crippen LogP contribution is -2.38. The summed E-state index contributed by atoms with van der Waals surface area (Å²) in [6, 6.07) is 2.09. The van der Waals surface area contributed by atoms with E-state index < -0.39 is 0 Å². The molecule has 6 heteroatoms. The third-order valence-corrected chi connectivity index (χ3v) is 3.72. The van der Waals surface area contributed by atoms with Gasteiger partial charge in [-0.05, 0) is 53.5 Å². The number of oxime groups is 1. The van der Waals surface area contributed by atoms with E-state index in [0.29, 0.717) is 5.84 Å². The van der Waals surface area contributed by atoms with Crippen molar-refractivity contribution in [2.45, 2.75) is 19.4 Å². The quantitative estimate of drug-likeness (QED) is 0.386. The molecule has 0 atom stereocenters. The minimum absolute atomic E-state index is 0.215. The molecule has 1 aromatic heterocycles. The Morgan fingerprint density at radius 3 is 2.83 bits per heavy atom. The Balaban J connectivity index is 1.87. The second-order valence-corrected chi connectivity index (χ2v) is 5.50. The number of hydrogen-bond acceptors (Lipinski definition) is 4. The Morgan fingerprint density at radius 1 is 1.50 bits per heavy atom. The molecule has 0 bridgehead atoms. The molecule has 1 aliphatic heterocycles. The van der Waals surface area contributed by atoms with Crippen LogP contribution in [0.2, 0.25) is 0 Å². The molecule has 0 amide bonds. The number of hydrogen-bond donors (Lipinski definition) is 2. The summed E-state index contributed by atoms with van der Waals surface area (Å²) >= 11 is 3.42. The SMILES string of the molecule is N/C(=N/O)C1CCN(Cc2cncc(Br)c2)CC1. The van der Waals surface area contributed by atoms with Crippen molar-refractivity contribution in [1.82, 2.24) is 9.88 Å². The molecule has 1 aliphatic rings. The van der Waals surface area contributed by atoms with Crippen LogP contribution in [0.4, 0.5) is 0 Å². The first-order valence-electron chi connectivity index (χ1n) is 5.98. The first kappa shape index (κ1) is 13.3. The summed E-state index contributed by atoms with van der Waals surface area (Å²) < 4.78 is 1.01. The van der Waals surface area contributed by atoms with Crippen LogP contribution in [-0.2, 0) is 6.54 Å². The van der Waals surface area contributed by atoms with E-state index in [1.165, 1.54) is 5.56 Å². The van der Waals surface area contributed by atoms with Gasteiger partial charge in [0.05, 0.1) is 0 Å². The maximum atomic E-state index is 8.65. The molecule has 5 nitrogen and oxygen atoms in total. The van der Waals surface area contributed by atoms with Crippen LogP contribution in [0.15, 0.2) is 28.1 Å². The second kappa shape index (κ2) is 6.15. The summed E-state index contributed by atoms with van der Waals surface area (Å²) in [7, 11) is 0. The van der Waals surface area contributed by atoms with Gasteiger partial charge >= 0.3 is 0 Å². The number of halogens is 1. The average molecular weight is 313 g/mol. The van der Waals surface area contributed by atoms with E-state index in [2.05, 4.69) is 37.0 Å². The molecule has 0 radical (unpaired) electrons. The van der Waals surface area contributed by atoms with Crippen LogP contribution in [0, 0.1) is 5.92 Å². The van der Waals surface area contributed by atoms with Crippen molar-refractivity contribution in [2.75, 3.05) is 13.1 Å². The lowest BCUT2D eigenvalue weighted by Gasteiger charge is -2.31. The summed E-state index contributed by atoms with van der Waals surface area (Å²) in [5.41, 5.74) is 6.83. The van der Waals surface area contributed by atoms with Crippen LogP contribution in [-0.4, -0.2) is 34.0 Å². The molecule has 1 saturated heterocycles. The molecule has 3 N–H and O–H groups in total. The zero-order valence-electron chi connectivity index (χ0n) is 10.1. The van der Waals surface area contributed by atoms with Crippen LogP contribution >= 0.6 is 15.9 Å². The van der Waals surface area contributed by atoms with Crippen molar-refractivity contribution in [3.05, 3.63) is 28.5 Å². The largest absolute Gasteiger partial charge is 0.409 e.